The van der Waals surface area contributed by atoms with Gasteiger partial charge >= 0.3 is 0 Å². The van der Waals surface area contributed by atoms with Gasteiger partial charge in [0.2, 0.25) is 5.91 Å². The van der Waals surface area contributed by atoms with Gasteiger partial charge in [0.15, 0.2) is 0 Å². The number of allylic oxidation sites excluding steroid dienone is 1. The van der Waals surface area contributed by atoms with Gasteiger partial charge in [0.05, 0.1) is 0 Å². The summed E-state index contributed by atoms with van der Waals surface area (Å²) in [5.74, 6) is 0.728. The second-order valence-electron chi connectivity index (χ2n) is 6.87. The van der Waals surface area contributed by atoms with Gasteiger partial charge in [0, 0.05) is 31.0 Å². The van der Waals surface area contributed by atoms with Crippen LogP contribution in [0.3, 0.4) is 0 Å². The van der Waals surface area contributed by atoms with Crippen molar-refractivity contribution in [3.63, 3.8) is 0 Å². The van der Waals surface area contributed by atoms with Crippen molar-refractivity contribution < 1.29 is 4.79 Å². The number of rotatable bonds is 2. The molecule has 1 saturated heterocycles. The molecular weight excluding hydrogens is 246 g/mol. The Morgan fingerprint density at radius 2 is 1.90 bits per heavy atom. The SMILES string of the molecule is CC(C)(C)C1=C(C(=O)N2CCC(c3ccccc3)C2)[CH]1. The number of hydrogen-bond acceptors (Lipinski definition) is 1. The molecule has 2 nitrogen and oxygen atoms in total. The van der Waals surface area contributed by atoms with E-state index in [1.165, 1.54) is 11.1 Å². The molecule has 0 bridgehead atoms. The summed E-state index contributed by atoms with van der Waals surface area (Å²) in [5, 5.41) is 0. The second-order valence-corrected chi connectivity index (χ2v) is 6.87. The third-order valence-electron chi connectivity index (χ3n) is 4.28. The second kappa shape index (κ2) is 4.76. The maximum absolute atomic E-state index is 12.5. The summed E-state index contributed by atoms with van der Waals surface area (Å²) in [5.41, 5.74) is 3.63. The van der Waals surface area contributed by atoms with Gasteiger partial charge in [-0.1, -0.05) is 51.1 Å². The molecule has 1 radical (unpaired) electrons. The summed E-state index contributed by atoms with van der Waals surface area (Å²) in [6.07, 6.45) is 3.13. The molecular formula is C18H22NO. The first-order chi connectivity index (χ1) is 9.47. The molecule has 1 heterocycles. The van der Waals surface area contributed by atoms with Crippen LogP contribution in [-0.4, -0.2) is 23.9 Å². The number of amides is 1. The molecule has 0 saturated carbocycles. The standard InChI is InChI=1S/C18H22NO/c1-18(2,3)16-11-15(16)17(20)19-10-9-14(12-19)13-7-5-4-6-8-13/h4-8,11,14H,9-10,12H2,1-3H3. The highest BCUT2D eigenvalue weighted by Gasteiger charge is 2.40. The number of carbonyl (C=O) groups is 1. The molecule has 1 unspecified atom stereocenters. The number of likely N-dealkylation sites (tertiary alicyclic amines) is 1. The van der Waals surface area contributed by atoms with E-state index in [9.17, 15) is 4.79 Å². The van der Waals surface area contributed by atoms with E-state index >= 15 is 0 Å². The molecule has 1 atom stereocenters. The summed E-state index contributed by atoms with van der Waals surface area (Å²) in [7, 11) is 0. The summed E-state index contributed by atoms with van der Waals surface area (Å²) in [6.45, 7) is 8.23. The maximum Gasteiger partial charge on any atom is 0.250 e. The Bertz CT molecular complexity index is 551. The number of carbonyl (C=O) groups excluding carboxylic acids is 1. The Balaban J connectivity index is 1.67. The Kier molecular flexibility index (Phi) is 3.19. The van der Waals surface area contributed by atoms with Crippen LogP contribution in [-0.2, 0) is 4.79 Å². The topological polar surface area (TPSA) is 20.3 Å². The quantitative estimate of drug-likeness (QED) is 0.803. The Morgan fingerprint density at radius 1 is 1.20 bits per heavy atom. The van der Waals surface area contributed by atoms with Crippen LogP contribution in [0.1, 0.15) is 38.7 Å². The average molecular weight is 268 g/mol. The number of benzene rings is 1. The van der Waals surface area contributed by atoms with Crippen molar-refractivity contribution in [3.05, 3.63) is 53.5 Å². The molecule has 1 amide bonds. The van der Waals surface area contributed by atoms with Crippen LogP contribution < -0.4 is 0 Å². The Morgan fingerprint density at radius 3 is 2.50 bits per heavy atom. The summed E-state index contributed by atoms with van der Waals surface area (Å²) in [4.78, 5) is 14.5. The molecule has 1 aromatic rings. The van der Waals surface area contributed by atoms with E-state index in [0.717, 1.165) is 25.1 Å². The fraction of sp³-hybridized carbons (Fsp3) is 0.444. The lowest BCUT2D eigenvalue weighted by Crippen LogP contribution is -2.27. The minimum Gasteiger partial charge on any atom is -0.338 e. The van der Waals surface area contributed by atoms with Gasteiger partial charge in [-0.3, -0.25) is 4.79 Å². The monoisotopic (exact) mass is 268 g/mol. The third kappa shape index (κ3) is 2.52. The van der Waals surface area contributed by atoms with Gasteiger partial charge in [-0.15, -0.1) is 0 Å². The van der Waals surface area contributed by atoms with Crippen LogP contribution in [0.25, 0.3) is 0 Å². The highest BCUT2D eigenvalue weighted by atomic mass is 16.2. The zero-order chi connectivity index (χ0) is 14.3. The van der Waals surface area contributed by atoms with E-state index in [1.54, 1.807) is 0 Å². The van der Waals surface area contributed by atoms with Gasteiger partial charge < -0.3 is 4.90 Å². The van der Waals surface area contributed by atoms with E-state index in [2.05, 4.69) is 51.5 Å². The van der Waals surface area contributed by atoms with Gasteiger partial charge in [-0.05, 0) is 23.0 Å². The van der Waals surface area contributed by atoms with Gasteiger partial charge in [0.25, 0.3) is 0 Å². The van der Waals surface area contributed by atoms with E-state index in [1.807, 2.05) is 11.0 Å². The summed E-state index contributed by atoms with van der Waals surface area (Å²) < 4.78 is 0. The maximum atomic E-state index is 12.5. The molecule has 0 spiro atoms. The van der Waals surface area contributed by atoms with Gasteiger partial charge in [0.1, 0.15) is 0 Å². The van der Waals surface area contributed by atoms with E-state index in [-0.39, 0.29) is 11.3 Å². The number of hydrogen-bond donors (Lipinski definition) is 0. The fourth-order valence-electron chi connectivity index (χ4n) is 3.02. The molecule has 0 aromatic heterocycles. The zero-order valence-electron chi connectivity index (χ0n) is 12.5. The molecule has 2 aliphatic rings. The van der Waals surface area contributed by atoms with Crippen molar-refractivity contribution in [1.29, 1.82) is 0 Å². The van der Waals surface area contributed by atoms with Crippen LogP contribution >= 0.6 is 0 Å². The Labute approximate surface area is 121 Å². The van der Waals surface area contributed by atoms with Crippen molar-refractivity contribution in [1.82, 2.24) is 4.90 Å². The van der Waals surface area contributed by atoms with Crippen molar-refractivity contribution >= 4 is 5.91 Å². The largest absolute Gasteiger partial charge is 0.338 e. The lowest BCUT2D eigenvalue weighted by Gasteiger charge is -2.16. The minimum absolute atomic E-state index is 0.101. The van der Waals surface area contributed by atoms with Crippen molar-refractivity contribution in [2.75, 3.05) is 13.1 Å². The highest BCUT2D eigenvalue weighted by Crippen LogP contribution is 2.44. The lowest BCUT2D eigenvalue weighted by molar-refractivity contribution is -0.125. The van der Waals surface area contributed by atoms with E-state index in [4.69, 9.17) is 0 Å². The van der Waals surface area contributed by atoms with Gasteiger partial charge in [-0.25, -0.2) is 0 Å². The molecule has 2 heteroatoms. The normalized spacial score (nSPS) is 22.4. The van der Waals surface area contributed by atoms with Crippen molar-refractivity contribution in [2.24, 2.45) is 5.41 Å². The molecule has 20 heavy (non-hydrogen) atoms. The van der Waals surface area contributed by atoms with Crippen LogP contribution in [0.15, 0.2) is 41.5 Å². The molecule has 1 aromatic carbocycles. The number of nitrogens with zero attached hydrogens (tertiary/aromatic N) is 1. The third-order valence-corrected chi connectivity index (χ3v) is 4.28. The first kappa shape index (κ1) is 13.4. The summed E-state index contributed by atoms with van der Waals surface area (Å²) >= 11 is 0. The fourth-order valence-corrected chi connectivity index (χ4v) is 3.02. The smallest absolute Gasteiger partial charge is 0.250 e. The van der Waals surface area contributed by atoms with Crippen molar-refractivity contribution in [2.45, 2.75) is 33.1 Å². The lowest BCUT2D eigenvalue weighted by atomic mass is 9.93. The van der Waals surface area contributed by atoms with Crippen LogP contribution in [0.2, 0.25) is 0 Å². The molecule has 1 aliphatic carbocycles. The molecule has 1 fully saturated rings. The molecule has 1 aliphatic heterocycles. The van der Waals surface area contributed by atoms with Crippen molar-refractivity contribution in [3.8, 4) is 0 Å². The molecule has 105 valence electrons. The highest BCUT2D eigenvalue weighted by molar-refractivity contribution is 6.03. The van der Waals surface area contributed by atoms with Crippen LogP contribution in [0.5, 0.6) is 0 Å². The van der Waals surface area contributed by atoms with Gasteiger partial charge in [-0.2, -0.15) is 0 Å². The van der Waals surface area contributed by atoms with E-state index < -0.39 is 0 Å². The summed E-state index contributed by atoms with van der Waals surface area (Å²) in [6, 6.07) is 10.5. The molecule has 3 rings (SSSR count). The Hall–Kier alpha value is -1.57. The zero-order valence-corrected chi connectivity index (χ0v) is 12.5. The predicted octanol–water partition coefficient (Wildman–Crippen LogP) is 3.56. The minimum atomic E-state index is 0.101. The first-order valence-corrected chi connectivity index (χ1v) is 7.40. The predicted molar refractivity (Wildman–Crippen MR) is 81.2 cm³/mol. The average Bonchev–Trinajstić information content (AvgIpc) is 3.09. The molecule has 0 N–H and O–H groups in total. The van der Waals surface area contributed by atoms with E-state index in [0.29, 0.717) is 5.92 Å². The van der Waals surface area contributed by atoms with Crippen LogP contribution in [0, 0.1) is 11.8 Å². The van der Waals surface area contributed by atoms with Crippen LogP contribution in [0.4, 0.5) is 0 Å². The first-order valence-electron chi connectivity index (χ1n) is 7.40.